The summed E-state index contributed by atoms with van der Waals surface area (Å²) in [5, 5.41) is 9.16. The molecule has 0 aliphatic heterocycles. The number of hydrogen-bond acceptors (Lipinski definition) is 5. The van der Waals surface area contributed by atoms with Gasteiger partial charge in [-0.2, -0.15) is 26.3 Å². The van der Waals surface area contributed by atoms with Crippen molar-refractivity contribution in [1.82, 2.24) is 0 Å². The van der Waals surface area contributed by atoms with Crippen LogP contribution >= 0.6 is 0 Å². The van der Waals surface area contributed by atoms with Gasteiger partial charge in [-0.05, 0) is 120 Å². The fraction of sp³-hybridized carbons (Fsp3) is 0.200. The lowest BCUT2D eigenvalue weighted by Gasteiger charge is -2.13. The van der Waals surface area contributed by atoms with E-state index in [0.29, 0.717) is 75.9 Å². The number of alkyl halides is 6. The van der Waals surface area contributed by atoms with Crippen molar-refractivity contribution in [2.75, 3.05) is 7.11 Å². The van der Waals surface area contributed by atoms with Crippen molar-refractivity contribution in [1.29, 1.82) is 0 Å². The molecule has 6 nitrogen and oxygen atoms in total. The lowest BCUT2D eigenvalue weighted by molar-refractivity contribution is -0.138. The smallest absolute Gasteiger partial charge is 0.416 e. The number of ether oxygens (including phenoxy) is 1. The minimum absolute atomic E-state index is 0.0311. The van der Waals surface area contributed by atoms with Gasteiger partial charge in [0.25, 0.3) is 0 Å². The first-order valence-electron chi connectivity index (χ1n) is 19.6. The Morgan fingerprint density at radius 1 is 0.597 bits per heavy atom. The second kappa shape index (κ2) is 17.3. The number of carboxylic acids is 1. The van der Waals surface area contributed by atoms with E-state index in [-0.39, 0.29) is 34.7 Å². The topological polar surface area (TPSA) is 97.7 Å². The maximum atomic E-state index is 13.3. The number of fused-ring (bicyclic) bond motifs is 2. The second-order valence-electron chi connectivity index (χ2n) is 15.4. The summed E-state index contributed by atoms with van der Waals surface area (Å²) >= 11 is 0. The van der Waals surface area contributed by atoms with E-state index in [0.717, 1.165) is 41.0 Å². The molecule has 62 heavy (non-hydrogen) atoms. The van der Waals surface area contributed by atoms with Crippen LogP contribution in [0, 0.1) is 11.8 Å². The Kier molecular flexibility index (Phi) is 12.1. The van der Waals surface area contributed by atoms with Crippen LogP contribution in [0.2, 0.25) is 0 Å². The Balaban J connectivity index is 0.000000187. The van der Waals surface area contributed by atoms with Crippen LogP contribution in [-0.2, 0) is 38.0 Å². The van der Waals surface area contributed by atoms with Crippen molar-refractivity contribution in [3.63, 3.8) is 0 Å². The van der Waals surface area contributed by atoms with Crippen molar-refractivity contribution in [2.24, 2.45) is 11.8 Å². The summed E-state index contributed by atoms with van der Waals surface area (Å²) in [4.78, 5) is 48.9. The summed E-state index contributed by atoms with van der Waals surface area (Å²) in [6.07, 6.45) is -7.24. The van der Waals surface area contributed by atoms with Crippen molar-refractivity contribution >= 4 is 23.3 Å². The number of carboxylic acid groups (broad SMARTS) is 1. The van der Waals surface area contributed by atoms with Crippen LogP contribution in [0.15, 0.2) is 127 Å². The normalized spacial score (nSPS) is 15.7. The van der Waals surface area contributed by atoms with Crippen LogP contribution in [0.4, 0.5) is 26.3 Å². The highest BCUT2D eigenvalue weighted by atomic mass is 19.4. The van der Waals surface area contributed by atoms with E-state index < -0.39 is 29.4 Å². The van der Waals surface area contributed by atoms with Gasteiger partial charge in [0.15, 0.2) is 17.3 Å². The molecule has 0 saturated carbocycles. The van der Waals surface area contributed by atoms with Crippen LogP contribution < -0.4 is 4.74 Å². The molecule has 12 heteroatoms. The summed E-state index contributed by atoms with van der Waals surface area (Å²) in [5.41, 5.74) is 5.41. The largest absolute Gasteiger partial charge is 0.496 e. The Labute approximate surface area is 352 Å². The quantitative estimate of drug-likeness (QED) is 0.115. The number of benzene rings is 6. The molecule has 0 amide bonds. The van der Waals surface area contributed by atoms with E-state index in [9.17, 15) is 45.5 Å². The molecule has 2 atom stereocenters. The van der Waals surface area contributed by atoms with Gasteiger partial charge in [-0.1, -0.05) is 84.9 Å². The minimum atomic E-state index is -4.45. The van der Waals surface area contributed by atoms with Gasteiger partial charge >= 0.3 is 18.3 Å². The number of carbonyl (C=O) groups is 4. The Morgan fingerprint density at radius 2 is 1.13 bits per heavy atom. The molecule has 0 bridgehead atoms. The van der Waals surface area contributed by atoms with E-state index in [4.69, 9.17) is 9.84 Å². The molecular weight excluding hydrogens is 811 g/mol. The lowest BCUT2D eigenvalue weighted by atomic mass is 9.93. The first kappa shape index (κ1) is 43.3. The van der Waals surface area contributed by atoms with Crippen LogP contribution in [0.5, 0.6) is 5.75 Å². The van der Waals surface area contributed by atoms with Crippen LogP contribution in [0.3, 0.4) is 0 Å². The third-order valence-corrected chi connectivity index (χ3v) is 11.3. The summed E-state index contributed by atoms with van der Waals surface area (Å²) in [6, 6.07) is 32.3. The number of halogens is 6. The zero-order valence-electron chi connectivity index (χ0n) is 33.4. The number of carbonyl (C=O) groups excluding carboxylic acids is 3. The summed E-state index contributed by atoms with van der Waals surface area (Å²) in [5.74, 6) is -1.53. The molecule has 6 aromatic rings. The van der Waals surface area contributed by atoms with Gasteiger partial charge in [-0.25, -0.2) is 4.79 Å². The third-order valence-electron chi connectivity index (χ3n) is 11.3. The molecular formula is C50H38F6O6. The first-order valence-corrected chi connectivity index (χ1v) is 19.6. The van der Waals surface area contributed by atoms with Gasteiger partial charge in [0.05, 0.1) is 29.4 Å². The Morgan fingerprint density at radius 3 is 1.71 bits per heavy atom. The number of ketones is 3. The second-order valence-corrected chi connectivity index (χ2v) is 15.4. The zero-order chi connectivity index (χ0) is 44.5. The number of methoxy groups -OCH3 is 1. The predicted molar refractivity (Wildman–Crippen MR) is 221 cm³/mol. The maximum absolute atomic E-state index is 13.3. The Bertz CT molecular complexity index is 2720. The summed E-state index contributed by atoms with van der Waals surface area (Å²) in [6.45, 7) is 1.49. The number of aromatic carboxylic acids is 1. The molecule has 1 N–H and O–H groups in total. The van der Waals surface area contributed by atoms with Crippen molar-refractivity contribution in [2.45, 2.75) is 45.0 Å². The fourth-order valence-electron chi connectivity index (χ4n) is 8.29. The molecule has 316 valence electrons. The summed E-state index contributed by atoms with van der Waals surface area (Å²) in [7, 11) is 1.47. The molecule has 6 aromatic carbocycles. The predicted octanol–water partition coefficient (Wildman–Crippen LogP) is 11.8. The third kappa shape index (κ3) is 9.09. The standard InChI is InChI=1S/C26H21F3O3.C24H17F3O3/c1-15(30)17-8-6-16(7-9-17)12-19-14-22-21(10-11-23(32-2)24(22)25(19)31)18-4-3-5-20(13-18)26(27,28)29;25-24(26,27)18-7-2-5-15(12-18)19-8-3-9-20-21(19)13-17(22(20)28)11-14-4-1-6-16(10-14)23(29)30/h3-11,13,19H,12,14H2,1-2H3;1-10,12,17H,11,13H2,(H,29,30). The van der Waals surface area contributed by atoms with Crippen LogP contribution in [0.1, 0.15) is 81.7 Å². The molecule has 0 fully saturated rings. The SMILES string of the molecule is COc1ccc(-c2cccc(C(F)(F)F)c2)c2c1C(=O)C(Cc1ccc(C(C)=O)cc1)C2.O=C(O)c1cccc(CC2Cc3c(cccc3-c3cccc(C(F)(F)F)c3)C2=O)c1. The van der Waals surface area contributed by atoms with Gasteiger partial charge in [-0.3, -0.25) is 14.4 Å². The Hall–Kier alpha value is -6.82. The lowest BCUT2D eigenvalue weighted by Crippen LogP contribution is -2.12. The molecule has 2 aliphatic carbocycles. The van der Waals surface area contributed by atoms with E-state index in [1.807, 2.05) is 12.1 Å². The highest BCUT2D eigenvalue weighted by Crippen LogP contribution is 2.43. The average molecular weight is 849 g/mol. The highest BCUT2D eigenvalue weighted by Gasteiger charge is 2.37. The number of hydrogen-bond donors (Lipinski definition) is 1. The van der Waals surface area contributed by atoms with Gasteiger partial charge in [0.1, 0.15) is 5.75 Å². The maximum Gasteiger partial charge on any atom is 0.416 e. The number of Topliss-reactive ketones (excluding diaryl/α,β-unsaturated/α-hetero) is 3. The molecule has 2 unspecified atom stereocenters. The monoisotopic (exact) mass is 848 g/mol. The van der Waals surface area contributed by atoms with Gasteiger partial charge < -0.3 is 9.84 Å². The van der Waals surface area contributed by atoms with Crippen molar-refractivity contribution in [3.05, 3.63) is 183 Å². The van der Waals surface area contributed by atoms with Crippen LogP contribution in [0.25, 0.3) is 22.3 Å². The van der Waals surface area contributed by atoms with E-state index in [2.05, 4.69) is 0 Å². The fourth-order valence-corrected chi connectivity index (χ4v) is 8.29. The molecule has 0 radical (unpaired) electrons. The van der Waals surface area contributed by atoms with E-state index in [1.165, 1.54) is 32.2 Å². The van der Waals surface area contributed by atoms with E-state index in [1.54, 1.807) is 72.8 Å². The zero-order valence-corrected chi connectivity index (χ0v) is 33.4. The van der Waals surface area contributed by atoms with Crippen LogP contribution in [-0.4, -0.2) is 35.5 Å². The van der Waals surface area contributed by atoms with Crippen molar-refractivity contribution in [3.8, 4) is 28.0 Å². The molecule has 0 spiro atoms. The van der Waals surface area contributed by atoms with E-state index >= 15 is 0 Å². The molecule has 2 aliphatic rings. The van der Waals surface area contributed by atoms with Gasteiger partial charge in [-0.15, -0.1) is 0 Å². The highest BCUT2D eigenvalue weighted by molar-refractivity contribution is 6.07. The molecule has 0 aromatic heterocycles. The molecule has 0 saturated heterocycles. The first-order chi connectivity index (χ1) is 29.4. The average Bonchev–Trinajstić information content (AvgIpc) is 3.75. The van der Waals surface area contributed by atoms with Crippen molar-refractivity contribution < 1.29 is 55.4 Å². The number of rotatable bonds is 9. The molecule has 8 rings (SSSR count). The molecule has 0 heterocycles. The van der Waals surface area contributed by atoms with Gasteiger partial charge in [0.2, 0.25) is 0 Å². The van der Waals surface area contributed by atoms with Gasteiger partial charge in [0, 0.05) is 23.0 Å². The summed E-state index contributed by atoms with van der Waals surface area (Å²) < 4.78 is 84.4. The minimum Gasteiger partial charge on any atom is -0.496 e.